The first-order valence-electron chi connectivity index (χ1n) is 5.51. The van der Waals surface area contributed by atoms with E-state index in [1.807, 2.05) is 25.9 Å². The number of hydrogen-bond acceptors (Lipinski definition) is 5. The van der Waals surface area contributed by atoms with Gasteiger partial charge in [0.1, 0.15) is 12.0 Å². The van der Waals surface area contributed by atoms with Crippen molar-refractivity contribution in [2.24, 2.45) is 0 Å². The summed E-state index contributed by atoms with van der Waals surface area (Å²) in [5, 5.41) is 2.77. The Labute approximate surface area is 101 Å². The third-order valence-corrected chi connectivity index (χ3v) is 2.01. The van der Waals surface area contributed by atoms with Crippen LogP contribution in [0.5, 0.6) is 5.88 Å². The van der Waals surface area contributed by atoms with Crippen LogP contribution in [0.4, 0.5) is 0 Å². The molecular weight excluding hydrogens is 220 g/mol. The Kier molecular flexibility index (Phi) is 5.35. The van der Waals surface area contributed by atoms with Crippen LogP contribution < -0.4 is 10.1 Å². The molecule has 1 aromatic heterocycles. The molecule has 17 heavy (non-hydrogen) atoms. The largest absolute Gasteiger partial charge is 0.478 e. The molecule has 0 unspecified atom stereocenters. The van der Waals surface area contributed by atoms with Gasteiger partial charge in [-0.15, -0.1) is 0 Å². The van der Waals surface area contributed by atoms with Crippen molar-refractivity contribution in [2.75, 3.05) is 33.8 Å². The highest BCUT2D eigenvalue weighted by molar-refractivity contribution is 5.92. The molecule has 0 saturated carbocycles. The molecule has 6 heteroatoms. The van der Waals surface area contributed by atoms with E-state index in [0.29, 0.717) is 24.7 Å². The number of amides is 1. The standard InChI is InChI=1S/C11H18N4O2/c1-4-17-10-7-9(13-8-14-10)11(16)12-5-6-15(2)3/h7-8H,4-6H2,1-3H3,(H,12,16). The molecule has 1 N–H and O–H groups in total. The minimum absolute atomic E-state index is 0.213. The molecule has 0 spiro atoms. The lowest BCUT2D eigenvalue weighted by Crippen LogP contribution is -2.31. The van der Waals surface area contributed by atoms with Crippen molar-refractivity contribution in [3.05, 3.63) is 18.1 Å². The molecule has 0 aliphatic rings. The zero-order valence-corrected chi connectivity index (χ0v) is 10.4. The highest BCUT2D eigenvalue weighted by atomic mass is 16.5. The molecule has 0 aliphatic heterocycles. The van der Waals surface area contributed by atoms with Crippen LogP contribution in [0.2, 0.25) is 0 Å². The first-order valence-corrected chi connectivity index (χ1v) is 5.51. The van der Waals surface area contributed by atoms with Gasteiger partial charge in [0, 0.05) is 19.2 Å². The van der Waals surface area contributed by atoms with E-state index >= 15 is 0 Å². The molecule has 0 aromatic carbocycles. The molecule has 1 amide bonds. The highest BCUT2D eigenvalue weighted by Crippen LogP contribution is 2.06. The van der Waals surface area contributed by atoms with Gasteiger partial charge in [0.2, 0.25) is 5.88 Å². The van der Waals surface area contributed by atoms with Crippen molar-refractivity contribution in [1.82, 2.24) is 20.2 Å². The van der Waals surface area contributed by atoms with E-state index in [4.69, 9.17) is 4.74 Å². The second-order valence-corrected chi connectivity index (χ2v) is 3.73. The Balaban J connectivity index is 2.53. The first-order chi connectivity index (χ1) is 8.13. The maximum absolute atomic E-state index is 11.7. The molecule has 0 saturated heterocycles. The number of aromatic nitrogens is 2. The Bertz CT molecular complexity index is 368. The van der Waals surface area contributed by atoms with Crippen molar-refractivity contribution in [3.63, 3.8) is 0 Å². The fraction of sp³-hybridized carbons (Fsp3) is 0.545. The van der Waals surface area contributed by atoms with Crippen molar-refractivity contribution >= 4 is 5.91 Å². The molecule has 0 atom stereocenters. The lowest BCUT2D eigenvalue weighted by atomic mass is 10.3. The number of nitrogens with one attached hydrogen (secondary N) is 1. The quantitative estimate of drug-likeness (QED) is 0.765. The van der Waals surface area contributed by atoms with Crippen LogP contribution in [0.15, 0.2) is 12.4 Å². The molecule has 1 aromatic rings. The highest BCUT2D eigenvalue weighted by Gasteiger charge is 2.08. The van der Waals surface area contributed by atoms with E-state index in [2.05, 4.69) is 15.3 Å². The molecular formula is C11H18N4O2. The Hall–Kier alpha value is -1.69. The maximum Gasteiger partial charge on any atom is 0.270 e. The smallest absolute Gasteiger partial charge is 0.270 e. The fourth-order valence-corrected chi connectivity index (χ4v) is 1.17. The number of likely N-dealkylation sites (N-methyl/N-ethyl adjacent to an activating group) is 1. The Morgan fingerprint density at radius 3 is 2.88 bits per heavy atom. The molecule has 0 aliphatic carbocycles. The van der Waals surface area contributed by atoms with E-state index in [0.717, 1.165) is 6.54 Å². The van der Waals surface area contributed by atoms with Crippen LogP contribution in [0.1, 0.15) is 17.4 Å². The van der Waals surface area contributed by atoms with Gasteiger partial charge in [-0.1, -0.05) is 0 Å². The number of rotatable bonds is 6. The summed E-state index contributed by atoms with van der Waals surface area (Å²) in [5.74, 6) is 0.204. The van der Waals surface area contributed by atoms with Crippen LogP contribution in [-0.2, 0) is 0 Å². The first kappa shape index (κ1) is 13.4. The van der Waals surface area contributed by atoms with Gasteiger partial charge in [0.15, 0.2) is 0 Å². The average Bonchev–Trinajstić information content (AvgIpc) is 2.29. The van der Waals surface area contributed by atoms with E-state index in [1.165, 1.54) is 12.4 Å². The summed E-state index contributed by atoms with van der Waals surface area (Å²) in [5.41, 5.74) is 0.321. The predicted octanol–water partition coefficient (Wildman–Crippen LogP) is 0.167. The monoisotopic (exact) mass is 238 g/mol. The minimum atomic E-state index is -0.213. The van der Waals surface area contributed by atoms with Gasteiger partial charge in [0.25, 0.3) is 5.91 Å². The number of carbonyl (C=O) groups is 1. The molecule has 1 rings (SSSR count). The number of hydrogen-bond donors (Lipinski definition) is 1. The predicted molar refractivity (Wildman–Crippen MR) is 64.1 cm³/mol. The topological polar surface area (TPSA) is 67.3 Å². The number of ether oxygens (including phenoxy) is 1. The molecule has 6 nitrogen and oxygen atoms in total. The number of carbonyl (C=O) groups excluding carboxylic acids is 1. The maximum atomic E-state index is 11.7. The zero-order chi connectivity index (χ0) is 12.7. The van der Waals surface area contributed by atoms with Crippen LogP contribution in [0, 0.1) is 0 Å². The Morgan fingerprint density at radius 1 is 1.47 bits per heavy atom. The van der Waals surface area contributed by atoms with Crippen molar-refractivity contribution < 1.29 is 9.53 Å². The molecule has 0 radical (unpaired) electrons. The fourth-order valence-electron chi connectivity index (χ4n) is 1.17. The van der Waals surface area contributed by atoms with Gasteiger partial charge in [-0.05, 0) is 21.0 Å². The number of nitrogens with zero attached hydrogens (tertiary/aromatic N) is 3. The van der Waals surface area contributed by atoms with Gasteiger partial charge in [-0.3, -0.25) is 4.79 Å². The second kappa shape index (κ2) is 6.80. The minimum Gasteiger partial charge on any atom is -0.478 e. The van der Waals surface area contributed by atoms with Gasteiger partial charge < -0.3 is 15.0 Å². The molecule has 0 fully saturated rings. The van der Waals surface area contributed by atoms with Crippen LogP contribution in [-0.4, -0.2) is 54.6 Å². The third kappa shape index (κ3) is 4.78. The van der Waals surface area contributed by atoms with Gasteiger partial charge in [0.05, 0.1) is 6.61 Å². The van der Waals surface area contributed by atoms with Gasteiger partial charge >= 0.3 is 0 Å². The molecule has 0 bridgehead atoms. The van der Waals surface area contributed by atoms with Crippen LogP contribution in [0.3, 0.4) is 0 Å². The van der Waals surface area contributed by atoms with Crippen molar-refractivity contribution in [3.8, 4) is 5.88 Å². The molecule has 94 valence electrons. The summed E-state index contributed by atoms with van der Waals surface area (Å²) in [6.07, 6.45) is 1.33. The van der Waals surface area contributed by atoms with Crippen LogP contribution >= 0.6 is 0 Å². The van der Waals surface area contributed by atoms with Crippen LogP contribution in [0.25, 0.3) is 0 Å². The average molecular weight is 238 g/mol. The van der Waals surface area contributed by atoms with E-state index in [1.54, 1.807) is 0 Å². The normalized spacial score (nSPS) is 10.4. The summed E-state index contributed by atoms with van der Waals surface area (Å²) in [6, 6.07) is 1.54. The Morgan fingerprint density at radius 2 is 2.24 bits per heavy atom. The summed E-state index contributed by atoms with van der Waals surface area (Å²) >= 11 is 0. The summed E-state index contributed by atoms with van der Waals surface area (Å²) in [7, 11) is 3.90. The second-order valence-electron chi connectivity index (χ2n) is 3.73. The van der Waals surface area contributed by atoms with E-state index in [-0.39, 0.29) is 5.91 Å². The van der Waals surface area contributed by atoms with E-state index in [9.17, 15) is 4.79 Å². The van der Waals surface area contributed by atoms with Gasteiger partial charge in [-0.2, -0.15) is 0 Å². The lowest BCUT2D eigenvalue weighted by Gasteiger charge is -2.10. The summed E-state index contributed by atoms with van der Waals surface area (Å²) < 4.78 is 5.20. The summed E-state index contributed by atoms with van der Waals surface area (Å²) in [4.78, 5) is 21.5. The van der Waals surface area contributed by atoms with Crippen molar-refractivity contribution in [1.29, 1.82) is 0 Å². The third-order valence-electron chi connectivity index (χ3n) is 2.01. The SMILES string of the molecule is CCOc1cc(C(=O)NCCN(C)C)ncn1. The summed E-state index contributed by atoms with van der Waals surface area (Å²) in [6.45, 7) is 3.74. The van der Waals surface area contributed by atoms with E-state index < -0.39 is 0 Å². The zero-order valence-electron chi connectivity index (χ0n) is 10.4. The molecule has 1 heterocycles. The lowest BCUT2D eigenvalue weighted by molar-refractivity contribution is 0.0945. The van der Waals surface area contributed by atoms with Gasteiger partial charge in [-0.25, -0.2) is 9.97 Å². The van der Waals surface area contributed by atoms with Crippen molar-refractivity contribution in [2.45, 2.75) is 6.92 Å².